The van der Waals surface area contributed by atoms with Crippen LogP contribution in [0.25, 0.3) is 0 Å². The van der Waals surface area contributed by atoms with E-state index >= 15 is 0 Å². The highest BCUT2D eigenvalue weighted by atomic mass is 16.6. The number of aliphatic carboxylic acids is 2. The minimum Gasteiger partial charge on any atom is -0.481 e. The van der Waals surface area contributed by atoms with Crippen LogP contribution in [0.3, 0.4) is 0 Å². The molecule has 0 saturated carbocycles. The third kappa shape index (κ3) is 4.34. The molecule has 0 aromatic heterocycles. The highest BCUT2D eigenvalue weighted by Gasteiger charge is 2.51. The SMILES string of the molecule is C=C(C)C(=O)OCCOC(=O)C1=CC=CC(CC)(C(=O)O)C1C(=O)O. The van der Waals surface area contributed by atoms with Gasteiger partial charge in [-0.25, -0.2) is 9.59 Å². The molecule has 8 nitrogen and oxygen atoms in total. The third-order valence-corrected chi connectivity index (χ3v) is 3.86. The summed E-state index contributed by atoms with van der Waals surface area (Å²) in [6.45, 7) is 5.86. The minimum atomic E-state index is -1.73. The van der Waals surface area contributed by atoms with E-state index in [9.17, 15) is 29.4 Å². The molecule has 0 fully saturated rings. The Balaban J connectivity index is 2.86. The average molecular weight is 352 g/mol. The molecule has 0 radical (unpaired) electrons. The third-order valence-electron chi connectivity index (χ3n) is 3.86. The Labute approximate surface area is 144 Å². The first-order valence-corrected chi connectivity index (χ1v) is 7.52. The van der Waals surface area contributed by atoms with Crippen molar-refractivity contribution in [1.82, 2.24) is 0 Å². The first-order valence-electron chi connectivity index (χ1n) is 7.52. The highest BCUT2D eigenvalue weighted by Crippen LogP contribution is 2.41. The topological polar surface area (TPSA) is 127 Å². The van der Waals surface area contributed by atoms with E-state index in [1.54, 1.807) is 0 Å². The van der Waals surface area contributed by atoms with Gasteiger partial charge >= 0.3 is 23.9 Å². The van der Waals surface area contributed by atoms with Crippen molar-refractivity contribution in [2.75, 3.05) is 13.2 Å². The summed E-state index contributed by atoms with van der Waals surface area (Å²) in [4.78, 5) is 46.6. The van der Waals surface area contributed by atoms with Crippen LogP contribution in [0.5, 0.6) is 0 Å². The van der Waals surface area contributed by atoms with Gasteiger partial charge in [-0.05, 0) is 13.3 Å². The van der Waals surface area contributed by atoms with Gasteiger partial charge in [0.25, 0.3) is 0 Å². The van der Waals surface area contributed by atoms with E-state index in [0.717, 1.165) is 0 Å². The number of allylic oxidation sites excluding steroid dienone is 2. The average Bonchev–Trinajstić information content (AvgIpc) is 2.56. The minimum absolute atomic E-state index is 0.0172. The fourth-order valence-corrected chi connectivity index (χ4v) is 2.48. The van der Waals surface area contributed by atoms with Crippen molar-refractivity contribution in [2.24, 2.45) is 11.3 Å². The monoisotopic (exact) mass is 352 g/mol. The zero-order chi connectivity index (χ0) is 19.2. The maximum atomic E-state index is 12.2. The van der Waals surface area contributed by atoms with Crippen molar-refractivity contribution < 1.29 is 38.9 Å². The Morgan fingerprint density at radius 2 is 1.80 bits per heavy atom. The van der Waals surface area contributed by atoms with Gasteiger partial charge in [-0.1, -0.05) is 31.7 Å². The van der Waals surface area contributed by atoms with Crippen LogP contribution in [-0.2, 0) is 28.7 Å². The largest absolute Gasteiger partial charge is 0.481 e. The smallest absolute Gasteiger partial charge is 0.335 e. The van der Waals surface area contributed by atoms with Crippen molar-refractivity contribution in [2.45, 2.75) is 20.3 Å². The summed E-state index contributed by atoms with van der Waals surface area (Å²) in [6.07, 6.45) is 3.79. The van der Waals surface area contributed by atoms with E-state index in [4.69, 9.17) is 9.47 Å². The first-order chi connectivity index (χ1) is 11.7. The molecular weight excluding hydrogens is 332 g/mol. The molecule has 136 valence electrons. The maximum Gasteiger partial charge on any atom is 0.335 e. The van der Waals surface area contributed by atoms with Crippen LogP contribution in [0.15, 0.2) is 36.0 Å². The van der Waals surface area contributed by atoms with Crippen LogP contribution in [0.4, 0.5) is 0 Å². The van der Waals surface area contributed by atoms with Crippen LogP contribution >= 0.6 is 0 Å². The van der Waals surface area contributed by atoms with Gasteiger partial charge in [-0.2, -0.15) is 0 Å². The molecule has 2 N–H and O–H groups in total. The molecule has 0 aromatic rings. The quantitative estimate of drug-likeness (QED) is 0.380. The lowest BCUT2D eigenvalue weighted by Gasteiger charge is -2.33. The van der Waals surface area contributed by atoms with E-state index in [2.05, 4.69) is 6.58 Å². The first kappa shape index (κ1) is 20.1. The summed E-state index contributed by atoms with van der Waals surface area (Å²) >= 11 is 0. The van der Waals surface area contributed by atoms with Gasteiger partial charge in [0, 0.05) is 5.57 Å². The number of carbonyl (C=O) groups is 4. The Morgan fingerprint density at radius 1 is 1.20 bits per heavy atom. The summed E-state index contributed by atoms with van der Waals surface area (Å²) in [5.74, 6) is -5.97. The number of esters is 2. The summed E-state index contributed by atoms with van der Waals surface area (Å²) in [5, 5.41) is 18.9. The van der Waals surface area contributed by atoms with E-state index in [-0.39, 0.29) is 30.8 Å². The Kier molecular flexibility index (Phi) is 6.67. The number of hydrogen-bond acceptors (Lipinski definition) is 6. The molecule has 1 rings (SSSR count). The number of carbonyl (C=O) groups excluding carboxylic acids is 2. The van der Waals surface area contributed by atoms with Gasteiger partial charge in [0.2, 0.25) is 0 Å². The molecule has 0 bridgehead atoms. The second-order valence-electron chi connectivity index (χ2n) is 5.50. The molecule has 1 aliphatic carbocycles. The van der Waals surface area contributed by atoms with Crippen molar-refractivity contribution >= 4 is 23.9 Å². The zero-order valence-corrected chi connectivity index (χ0v) is 14.0. The van der Waals surface area contributed by atoms with E-state index in [0.29, 0.717) is 0 Å². The summed E-state index contributed by atoms with van der Waals surface area (Å²) in [5.41, 5.74) is -1.82. The number of rotatable bonds is 8. The fraction of sp³-hybridized carbons (Fsp3) is 0.412. The molecule has 0 amide bonds. The molecule has 0 spiro atoms. The van der Waals surface area contributed by atoms with Gasteiger partial charge in [-0.15, -0.1) is 0 Å². The number of carboxylic acids is 2. The van der Waals surface area contributed by atoms with Crippen molar-refractivity contribution in [3.63, 3.8) is 0 Å². The van der Waals surface area contributed by atoms with E-state index < -0.39 is 35.2 Å². The standard InChI is InChI=1S/C17H20O8/c1-4-17(16(22)23)7-5-6-11(12(17)13(18)19)15(21)25-9-8-24-14(20)10(2)3/h5-7,12H,2,4,8-9H2,1,3H3,(H,18,19)(H,22,23). The molecule has 0 aromatic carbocycles. The maximum absolute atomic E-state index is 12.2. The highest BCUT2D eigenvalue weighted by molar-refractivity contribution is 6.00. The van der Waals surface area contributed by atoms with Gasteiger partial charge in [-0.3, -0.25) is 9.59 Å². The lowest BCUT2D eigenvalue weighted by molar-refractivity contribution is -0.160. The molecule has 2 atom stereocenters. The van der Waals surface area contributed by atoms with Gasteiger partial charge in [0.05, 0.1) is 5.57 Å². The summed E-state index contributed by atoms with van der Waals surface area (Å²) in [6, 6.07) is 0. The second kappa shape index (κ2) is 8.27. The molecule has 0 heterocycles. The number of ether oxygens (including phenoxy) is 2. The molecular formula is C17H20O8. The molecule has 1 aliphatic rings. The van der Waals surface area contributed by atoms with Gasteiger partial charge < -0.3 is 19.7 Å². The predicted molar refractivity (Wildman–Crippen MR) is 85.4 cm³/mol. The fourth-order valence-electron chi connectivity index (χ4n) is 2.48. The Morgan fingerprint density at radius 3 is 2.28 bits per heavy atom. The molecule has 8 heteroatoms. The van der Waals surface area contributed by atoms with Crippen LogP contribution in [0, 0.1) is 11.3 Å². The lowest BCUT2D eigenvalue weighted by Crippen LogP contribution is -2.44. The second-order valence-corrected chi connectivity index (χ2v) is 5.50. The zero-order valence-electron chi connectivity index (χ0n) is 14.0. The molecule has 2 unspecified atom stereocenters. The van der Waals surface area contributed by atoms with E-state index in [1.807, 2.05) is 0 Å². The number of hydrogen-bond donors (Lipinski definition) is 2. The lowest BCUT2D eigenvalue weighted by atomic mass is 9.67. The van der Waals surface area contributed by atoms with Crippen LogP contribution in [0.2, 0.25) is 0 Å². The summed E-state index contributed by atoms with van der Waals surface area (Å²) in [7, 11) is 0. The van der Waals surface area contributed by atoms with E-state index in [1.165, 1.54) is 32.1 Å². The van der Waals surface area contributed by atoms with Crippen LogP contribution in [-0.4, -0.2) is 47.3 Å². The normalized spacial score (nSPS) is 21.8. The van der Waals surface area contributed by atoms with Crippen molar-refractivity contribution in [3.8, 4) is 0 Å². The van der Waals surface area contributed by atoms with Gasteiger partial charge in [0.15, 0.2) is 0 Å². The molecule has 0 saturated heterocycles. The Hall–Kier alpha value is -2.90. The van der Waals surface area contributed by atoms with Crippen LogP contribution < -0.4 is 0 Å². The predicted octanol–water partition coefficient (Wildman–Crippen LogP) is 1.33. The number of carboxylic acid groups (broad SMARTS) is 2. The molecule has 25 heavy (non-hydrogen) atoms. The van der Waals surface area contributed by atoms with Gasteiger partial charge in [0.1, 0.15) is 24.5 Å². The van der Waals surface area contributed by atoms with Crippen molar-refractivity contribution in [3.05, 3.63) is 36.0 Å². The Bertz CT molecular complexity index is 658. The molecule has 0 aliphatic heterocycles. The summed E-state index contributed by atoms with van der Waals surface area (Å²) < 4.78 is 9.66. The van der Waals surface area contributed by atoms with Crippen molar-refractivity contribution in [1.29, 1.82) is 0 Å². The van der Waals surface area contributed by atoms with Crippen LogP contribution in [0.1, 0.15) is 20.3 Å².